The summed E-state index contributed by atoms with van der Waals surface area (Å²) in [5, 5.41) is 3.17. The smallest absolute Gasteiger partial charge is 0.223 e. The second kappa shape index (κ2) is 6.71. The fraction of sp³-hybridized carbons (Fsp3) is 0.933. The second-order valence-corrected chi connectivity index (χ2v) is 6.41. The summed E-state index contributed by atoms with van der Waals surface area (Å²) in [5.74, 6) is 1.13. The summed E-state index contributed by atoms with van der Waals surface area (Å²) in [7, 11) is 1.74. The summed E-state index contributed by atoms with van der Waals surface area (Å²) in [6.45, 7) is 2.41. The van der Waals surface area contributed by atoms with Crippen molar-refractivity contribution in [3.8, 4) is 0 Å². The Kier molecular flexibility index (Phi) is 5.22. The molecule has 110 valence electrons. The minimum absolute atomic E-state index is 0.223. The zero-order valence-electron chi connectivity index (χ0n) is 12.1. The molecule has 19 heavy (non-hydrogen) atoms. The first kappa shape index (κ1) is 14.8. The Morgan fingerprint density at radius 1 is 1.32 bits per heavy atom. The molecular formula is C15H28N2O2. The van der Waals surface area contributed by atoms with E-state index in [0.717, 1.165) is 51.8 Å². The van der Waals surface area contributed by atoms with E-state index in [4.69, 9.17) is 10.5 Å². The third-order valence-corrected chi connectivity index (χ3v) is 4.98. The van der Waals surface area contributed by atoms with Crippen molar-refractivity contribution in [2.75, 3.05) is 26.8 Å². The third kappa shape index (κ3) is 4.18. The molecule has 0 aromatic rings. The average molecular weight is 268 g/mol. The van der Waals surface area contributed by atoms with Crippen molar-refractivity contribution in [3.63, 3.8) is 0 Å². The number of rotatable bonds is 7. The van der Waals surface area contributed by atoms with Gasteiger partial charge in [-0.15, -0.1) is 0 Å². The summed E-state index contributed by atoms with van der Waals surface area (Å²) < 4.78 is 5.14. The number of ether oxygens (including phenoxy) is 1. The molecule has 0 bridgehead atoms. The Balaban J connectivity index is 1.67. The molecule has 2 saturated carbocycles. The predicted molar refractivity (Wildman–Crippen MR) is 75.7 cm³/mol. The van der Waals surface area contributed by atoms with Crippen molar-refractivity contribution in [2.24, 2.45) is 23.0 Å². The first-order valence-electron chi connectivity index (χ1n) is 7.66. The Labute approximate surface area is 116 Å². The quantitative estimate of drug-likeness (QED) is 0.738. The van der Waals surface area contributed by atoms with Crippen molar-refractivity contribution in [2.45, 2.75) is 44.9 Å². The first-order valence-corrected chi connectivity index (χ1v) is 7.66. The van der Waals surface area contributed by atoms with Gasteiger partial charge in [0.1, 0.15) is 0 Å². The van der Waals surface area contributed by atoms with Crippen LogP contribution in [0.4, 0.5) is 0 Å². The number of nitrogens with two attached hydrogens (primary N) is 1. The molecular weight excluding hydrogens is 240 g/mol. The zero-order chi connectivity index (χ0) is 13.7. The lowest BCUT2D eigenvalue weighted by atomic mass is 9.81. The van der Waals surface area contributed by atoms with E-state index in [2.05, 4.69) is 5.32 Å². The van der Waals surface area contributed by atoms with Crippen LogP contribution in [0.2, 0.25) is 0 Å². The number of methoxy groups -OCH3 is 1. The van der Waals surface area contributed by atoms with Crippen molar-refractivity contribution in [3.05, 3.63) is 0 Å². The SMILES string of the molecule is COCCC1(CNC(=O)C2CCC(CN)CC2)CC1. The van der Waals surface area contributed by atoms with E-state index >= 15 is 0 Å². The van der Waals surface area contributed by atoms with Gasteiger partial charge in [-0.2, -0.15) is 0 Å². The van der Waals surface area contributed by atoms with Gasteiger partial charge in [0, 0.05) is 26.2 Å². The summed E-state index contributed by atoms with van der Waals surface area (Å²) >= 11 is 0. The predicted octanol–water partition coefficient (Wildman–Crippen LogP) is 1.68. The van der Waals surface area contributed by atoms with Crippen LogP contribution in [0.25, 0.3) is 0 Å². The van der Waals surface area contributed by atoms with E-state index in [1.165, 1.54) is 12.8 Å². The molecule has 2 aliphatic carbocycles. The fourth-order valence-corrected chi connectivity index (χ4v) is 3.09. The minimum Gasteiger partial charge on any atom is -0.385 e. The lowest BCUT2D eigenvalue weighted by Gasteiger charge is -2.27. The molecule has 0 aromatic carbocycles. The zero-order valence-corrected chi connectivity index (χ0v) is 12.1. The molecule has 2 aliphatic rings. The van der Waals surface area contributed by atoms with Gasteiger partial charge in [0.25, 0.3) is 0 Å². The van der Waals surface area contributed by atoms with Gasteiger partial charge in [-0.05, 0) is 62.8 Å². The van der Waals surface area contributed by atoms with Crippen LogP contribution in [0, 0.1) is 17.3 Å². The molecule has 0 saturated heterocycles. The van der Waals surface area contributed by atoms with E-state index in [1.807, 2.05) is 0 Å². The fourth-order valence-electron chi connectivity index (χ4n) is 3.09. The van der Waals surface area contributed by atoms with Gasteiger partial charge >= 0.3 is 0 Å². The van der Waals surface area contributed by atoms with Crippen LogP contribution in [0.15, 0.2) is 0 Å². The lowest BCUT2D eigenvalue weighted by molar-refractivity contribution is -0.126. The molecule has 2 fully saturated rings. The van der Waals surface area contributed by atoms with Crippen LogP contribution in [0.3, 0.4) is 0 Å². The first-order chi connectivity index (χ1) is 9.19. The maximum absolute atomic E-state index is 12.2. The Bertz CT molecular complexity index is 295. The Hall–Kier alpha value is -0.610. The standard InChI is InChI=1S/C15H28N2O2/c1-19-9-8-15(6-7-15)11-17-14(18)13-4-2-12(10-16)3-5-13/h12-13H,2-11,16H2,1H3,(H,17,18). The van der Waals surface area contributed by atoms with Crippen molar-refractivity contribution in [1.82, 2.24) is 5.32 Å². The van der Waals surface area contributed by atoms with E-state index in [9.17, 15) is 4.79 Å². The highest BCUT2D eigenvalue weighted by Gasteiger charge is 2.42. The molecule has 0 aliphatic heterocycles. The highest BCUT2D eigenvalue weighted by molar-refractivity contribution is 5.78. The average Bonchev–Trinajstić information content (AvgIpc) is 3.23. The summed E-state index contributed by atoms with van der Waals surface area (Å²) in [6.07, 6.45) is 7.79. The summed E-state index contributed by atoms with van der Waals surface area (Å²) in [5.41, 5.74) is 6.03. The monoisotopic (exact) mass is 268 g/mol. The van der Waals surface area contributed by atoms with Crippen molar-refractivity contribution < 1.29 is 9.53 Å². The number of nitrogens with one attached hydrogen (secondary N) is 1. The van der Waals surface area contributed by atoms with E-state index in [1.54, 1.807) is 7.11 Å². The molecule has 1 amide bonds. The van der Waals surface area contributed by atoms with E-state index in [-0.39, 0.29) is 11.8 Å². The van der Waals surface area contributed by atoms with Gasteiger partial charge in [-0.3, -0.25) is 4.79 Å². The minimum atomic E-state index is 0.223. The summed E-state index contributed by atoms with van der Waals surface area (Å²) in [6, 6.07) is 0. The Morgan fingerprint density at radius 2 is 2.00 bits per heavy atom. The molecule has 4 heteroatoms. The van der Waals surface area contributed by atoms with Crippen LogP contribution in [0.1, 0.15) is 44.9 Å². The maximum Gasteiger partial charge on any atom is 0.223 e. The van der Waals surface area contributed by atoms with Crippen molar-refractivity contribution in [1.29, 1.82) is 0 Å². The summed E-state index contributed by atoms with van der Waals surface area (Å²) in [4.78, 5) is 12.2. The van der Waals surface area contributed by atoms with Gasteiger partial charge in [0.15, 0.2) is 0 Å². The molecule has 0 spiro atoms. The van der Waals surface area contributed by atoms with Crippen LogP contribution < -0.4 is 11.1 Å². The number of amides is 1. The van der Waals surface area contributed by atoms with Gasteiger partial charge in [-0.25, -0.2) is 0 Å². The lowest BCUT2D eigenvalue weighted by Crippen LogP contribution is -2.37. The number of hydrogen-bond donors (Lipinski definition) is 2. The third-order valence-electron chi connectivity index (χ3n) is 4.98. The van der Waals surface area contributed by atoms with Crippen LogP contribution in [0.5, 0.6) is 0 Å². The normalized spacial score (nSPS) is 28.9. The molecule has 0 atom stereocenters. The van der Waals surface area contributed by atoms with Crippen LogP contribution in [-0.2, 0) is 9.53 Å². The second-order valence-electron chi connectivity index (χ2n) is 6.41. The maximum atomic E-state index is 12.2. The highest BCUT2D eigenvalue weighted by atomic mass is 16.5. The molecule has 0 radical (unpaired) electrons. The van der Waals surface area contributed by atoms with Gasteiger partial charge < -0.3 is 15.8 Å². The number of carbonyl (C=O) groups excluding carboxylic acids is 1. The largest absolute Gasteiger partial charge is 0.385 e. The molecule has 0 aromatic heterocycles. The molecule has 0 heterocycles. The van der Waals surface area contributed by atoms with Gasteiger partial charge in [0.05, 0.1) is 0 Å². The van der Waals surface area contributed by atoms with Crippen LogP contribution >= 0.6 is 0 Å². The van der Waals surface area contributed by atoms with E-state index < -0.39 is 0 Å². The Morgan fingerprint density at radius 3 is 2.53 bits per heavy atom. The molecule has 0 unspecified atom stereocenters. The molecule has 2 rings (SSSR count). The number of hydrogen-bond acceptors (Lipinski definition) is 3. The van der Waals surface area contributed by atoms with Crippen molar-refractivity contribution >= 4 is 5.91 Å². The molecule has 4 nitrogen and oxygen atoms in total. The van der Waals surface area contributed by atoms with E-state index in [0.29, 0.717) is 11.3 Å². The number of carbonyl (C=O) groups is 1. The highest BCUT2D eigenvalue weighted by Crippen LogP contribution is 2.48. The van der Waals surface area contributed by atoms with Crippen LogP contribution in [-0.4, -0.2) is 32.7 Å². The topological polar surface area (TPSA) is 64.3 Å². The van der Waals surface area contributed by atoms with Gasteiger partial charge in [-0.1, -0.05) is 0 Å². The molecule has 3 N–H and O–H groups in total. The van der Waals surface area contributed by atoms with Gasteiger partial charge in [0.2, 0.25) is 5.91 Å².